The quantitative estimate of drug-likeness (QED) is 0.629. The number of nitriles is 1. The van der Waals surface area contributed by atoms with Crippen LogP contribution in [0.5, 0.6) is 0 Å². The maximum atomic E-state index is 8.51. The maximum Gasteiger partial charge on any atom is 0.0924 e. The lowest BCUT2D eigenvalue weighted by Crippen LogP contribution is -2.31. The fourth-order valence-corrected chi connectivity index (χ4v) is 0.951. The predicted octanol–water partition coefficient (Wildman–Crippen LogP) is 1.22. The van der Waals surface area contributed by atoms with Gasteiger partial charge in [0.25, 0.3) is 0 Å². The first-order valence-corrected chi connectivity index (χ1v) is 4.91. The lowest BCUT2D eigenvalue weighted by Gasteiger charge is -2.20. The van der Waals surface area contributed by atoms with Crippen LogP contribution in [0, 0.1) is 11.3 Å². The Labute approximate surface area is 81.7 Å². The molecule has 3 heteroatoms. The van der Waals surface area contributed by atoms with Crippen molar-refractivity contribution in [3.05, 3.63) is 0 Å². The van der Waals surface area contributed by atoms with E-state index in [2.05, 4.69) is 37.2 Å². The van der Waals surface area contributed by atoms with Crippen molar-refractivity contribution >= 4 is 0 Å². The van der Waals surface area contributed by atoms with Gasteiger partial charge in [0.2, 0.25) is 0 Å². The molecule has 0 aromatic heterocycles. The van der Waals surface area contributed by atoms with E-state index in [1.165, 1.54) is 0 Å². The third kappa shape index (κ3) is 6.56. The predicted molar refractivity (Wildman–Crippen MR) is 55.5 cm³/mol. The summed E-state index contributed by atoms with van der Waals surface area (Å²) in [6, 6.07) is 2.73. The number of rotatable bonds is 6. The molecule has 1 atom stereocenters. The minimum absolute atomic E-state index is 0.0237. The van der Waals surface area contributed by atoms with Crippen molar-refractivity contribution in [1.82, 2.24) is 10.2 Å². The molecular weight excluding hydrogens is 162 g/mol. The van der Waals surface area contributed by atoms with Gasteiger partial charge in [-0.05, 0) is 47.3 Å². The van der Waals surface area contributed by atoms with Gasteiger partial charge in [0.15, 0.2) is 0 Å². The van der Waals surface area contributed by atoms with E-state index >= 15 is 0 Å². The summed E-state index contributed by atoms with van der Waals surface area (Å²) in [4.78, 5) is 2.30. The summed E-state index contributed by atoms with van der Waals surface area (Å²) in [5.41, 5.74) is 0. The zero-order valence-electron chi connectivity index (χ0n) is 9.17. The van der Waals surface area contributed by atoms with Gasteiger partial charge in [0.1, 0.15) is 0 Å². The summed E-state index contributed by atoms with van der Waals surface area (Å²) in [6.07, 6.45) is 1.10. The second-order valence-electron chi connectivity index (χ2n) is 3.73. The second-order valence-corrected chi connectivity index (χ2v) is 3.73. The number of nitrogens with zero attached hydrogens (tertiary/aromatic N) is 2. The summed E-state index contributed by atoms with van der Waals surface area (Å²) in [5.74, 6) is 0. The Kier molecular flexibility index (Phi) is 6.56. The van der Waals surface area contributed by atoms with Crippen molar-refractivity contribution in [1.29, 1.82) is 5.26 Å². The van der Waals surface area contributed by atoms with Crippen molar-refractivity contribution in [2.75, 3.05) is 20.1 Å². The molecule has 13 heavy (non-hydrogen) atoms. The van der Waals surface area contributed by atoms with Crippen LogP contribution in [-0.4, -0.2) is 37.1 Å². The molecule has 0 aromatic carbocycles. The molecule has 3 nitrogen and oxygen atoms in total. The molecule has 0 amide bonds. The zero-order chi connectivity index (χ0) is 10.3. The fourth-order valence-electron chi connectivity index (χ4n) is 0.951. The van der Waals surface area contributed by atoms with Crippen LogP contribution in [0.15, 0.2) is 0 Å². The summed E-state index contributed by atoms with van der Waals surface area (Å²) >= 11 is 0. The van der Waals surface area contributed by atoms with Gasteiger partial charge in [-0.15, -0.1) is 0 Å². The molecule has 0 rings (SSSR count). The third-order valence-electron chi connectivity index (χ3n) is 2.21. The highest BCUT2D eigenvalue weighted by Gasteiger charge is 2.02. The third-order valence-corrected chi connectivity index (χ3v) is 2.21. The van der Waals surface area contributed by atoms with E-state index in [4.69, 9.17) is 5.26 Å². The van der Waals surface area contributed by atoms with Gasteiger partial charge in [0, 0.05) is 6.04 Å². The highest BCUT2D eigenvalue weighted by atomic mass is 15.1. The van der Waals surface area contributed by atoms with Crippen molar-refractivity contribution in [2.45, 2.75) is 39.3 Å². The molecule has 76 valence electrons. The second kappa shape index (κ2) is 6.88. The number of nitrogens with one attached hydrogen (secondary N) is 1. The van der Waals surface area contributed by atoms with Crippen molar-refractivity contribution in [3.8, 4) is 6.07 Å². The average Bonchev–Trinajstić information content (AvgIpc) is 2.11. The van der Waals surface area contributed by atoms with Crippen LogP contribution in [0.2, 0.25) is 0 Å². The number of hydrogen-bond donors (Lipinski definition) is 1. The van der Waals surface area contributed by atoms with Crippen LogP contribution < -0.4 is 5.32 Å². The Bertz CT molecular complexity index is 160. The Morgan fingerprint density at radius 3 is 2.46 bits per heavy atom. The Morgan fingerprint density at radius 2 is 2.00 bits per heavy atom. The summed E-state index contributed by atoms with van der Waals surface area (Å²) in [6.45, 7) is 8.26. The van der Waals surface area contributed by atoms with Crippen LogP contribution in [0.1, 0.15) is 27.2 Å². The molecule has 0 radical (unpaired) electrons. The van der Waals surface area contributed by atoms with Crippen molar-refractivity contribution < 1.29 is 0 Å². The molecule has 0 aromatic rings. The molecule has 0 saturated carbocycles. The minimum atomic E-state index is -0.0237. The summed E-state index contributed by atoms with van der Waals surface area (Å²) < 4.78 is 0. The first-order valence-electron chi connectivity index (χ1n) is 4.91. The molecule has 0 spiro atoms. The largest absolute Gasteiger partial charge is 0.304 e. The van der Waals surface area contributed by atoms with Crippen LogP contribution in [-0.2, 0) is 0 Å². The summed E-state index contributed by atoms with van der Waals surface area (Å²) in [5, 5.41) is 11.6. The molecule has 1 N–H and O–H groups in total. The smallest absolute Gasteiger partial charge is 0.0924 e. The van der Waals surface area contributed by atoms with E-state index in [9.17, 15) is 0 Å². The van der Waals surface area contributed by atoms with Crippen LogP contribution >= 0.6 is 0 Å². The SMILES string of the molecule is CC(C#N)NCCCN(C)C(C)C. The monoisotopic (exact) mass is 183 g/mol. The lowest BCUT2D eigenvalue weighted by atomic mass is 10.3. The molecule has 0 aliphatic heterocycles. The van der Waals surface area contributed by atoms with Gasteiger partial charge in [-0.1, -0.05) is 0 Å². The molecule has 0 bridgehead atoms. The average molecular weight is 183 g/mol. The Hall–Kier alpha value is -0.590. The first kappa shape index (κ1) is 12.4. The van der Waals surface area contributed by atoms with E-state index in [0.717, 1.165) is 19.5 Å². The van der Waals surface area contributed by atoms with Gasteiger partial charge in [-0.25, -0.2) is 0 Å². The van der Waals surface area contributed by atoms with Crippen molar-refractivity contribution in [3.63, 3.8) is 0 Å². The van der Waals surface area contributed by atoms with E-state index in [1.54, 1.807) is 0 Å². The van der Waals surface area contributed by atoms with E-state index in [-0.39, 0.29) is 6.04 Å². The minimum Gasteiger partial charge on any atom is -0.304 e. The molecule has 0 saturated heterocycles. The Balaban J connectivity index is 3.32. The van der Waals surface area contributed by atoms with E-state index in [1.807, 2.05) is 6.92 Å². The molecule has 0 aliphatic carbocycles. The van der Waals surface area contributed by atoms with Gasteiger partial charge in [0.05, 0.1) is 12.1 Å². The van der Waals surface area contributed by atoms with Crippen LogP contribution in [0.3, 0.4) is 0 Å². The molecule has 0 aliphatic rings. The van der Waals surface area contributed by atoms with Crippen molar-refractivity contribution in [2.24, 2.45) is 0 Å². The highest BCUT2D eigenvalue weighted by molar-refractivity contribution is 4.84. The zero-order valence-corrected chi connectivity index (χ0v) is 9.17. The highest BCUT2D eigenvalue weighted by Crippen LogP contribution is 1.94. The molecule has 0 fully saturated rings. The van der Waals surface area contributed by atoms with E-state index in [0.29, 0.717) is 6.04 Å². The topological polar surface area (TPSA) is 39.1 Å². The van der Waals surface area contributed by atoms with Gasteiger partial charge < -0.3 is 10.2 Å². The standard InChI is InChI=1S/C10H21N3/c1-9(2)13(4)7-5-6-12-10(3)8-11/h9-10,12H,5-7H2,1-4H3. The molecular formula is C10H21N3. The summed E-state index contributed by atoms with van der Waals surface area (Å²) in [7, 11) is 2.12. The first-order chi connectivity index (χ1) is 6.07. The van der Waals surface area contributed by atoms with Gasteiger partial charge in [-0.3, -0.25) is 0 Å². The fraction of sp³-hybridized carbons (Fsp3) is 0.900. The molecule has 0 heterocycles. The lowest BCUT2D eigenvalue weighted by molar-refractivity contribution is 0.269. The molecule has 1 unspecified atom stereocenters. The van der Waals surface area contributed by atoms with Gasteiger partial charge >= 0.3 is 0 Å². The Morgan fingerprint density at radius 1 is 1.38 bits per heavy atom. The van der Waals surface area contributed by atoms with Crippen LogP contribution in [0.4, 0.5) is 0 Å². The number of hydrogen-bond acceptors (Lipinski definition) is 3. The van der Waals surface area contributed by atoms with Gasteiger partial charge in [-0.2, -0.15) is 5.26 Å². The van der Waals surface area contributed by atoms with Crippen LogP contribution in [0.25, 0.3) is 0 Å². The van der Waals surface area contributed by atoms with E-state index < -0.39 is 0 Å². The normalized spacial score (nSPS) is 13.3. The maximum absolute atomic E-state index is 8.51.